The first-order chi connectivity index (χ1) is 25.3. The Bertz CT molecular complexity index is 3100. The van der Waals surface area contributed by atoms with Gasteiger partial charge in [-0.3, -0.25) is 4.57 Å². The number of fused-ring (bicyclic) bond motifs is 9. The third-order valence-electron chi connectivity index (χ3n) is 9.89. The molecule has 0 N–H and O–H groups in total. The van der Waals surface area contributed by atoms with Gasteiger partial charge in [0.2, 0.25) is 5.95 Å². The van der Waals surface area contributed by atoms with E-state index in [1.807, 2.05) is 60.7 Å². The van der Waals surface area contributed by atoms with Crippen LogP contribution in [0.1, 0.15) is 0 Å². The smallest absolute Gasteiger partial charge is 0.238 e. The predicted molar refractivity (Wildman–Crippen MR) is 205 cm³/mol. The summed E-state index contributed by atoms with van der Waals surface area (Å²) in [7, 11) is 0. The highest BCUT2D eigenvalue weighted by molar-refractivity contribution is 6.14. The summed E-state index contributed by atoms with van der Waals surface area (Å²) in [5.74, 6) is 1.67. The van der Waals surface area contributed by atoms with E-state index in [2.05, 4.69) is 102 Å². The van der Waals surface area contributed by atoms with Crippen molar-refractivity contribution in [2.45, 2.75) is 0 Å². The van der Waals surface area contributed by atoms with E-state index in [0.29, 0.717) is 17.6 Å². The fraction of sp³-hybridized carbons (Fsp3) is 0. The minimum absolute atomic E-state index is 0.538. The van der Waals surface area contributed by atoms with Gasteiger partial charge in [-0.2, -0.15) is 9.97 Å². The van der Waals surface area contributed by atoms with Crippen molar-refractivity contribution in [1.29, 1.82) is 0 Å². The third kappa shape index (κ3) is 4.20. The summed E-state index contributed by atoms with van der Waals surface area (Å²) in [6.45, 7) is 0. The SMILES string of the molecule is c1ccc(-c2nc(-c3cccc4c3oc3c(-c5ccc6c(c5)oc5ccccc56)cccc34)nc(-n3c4ccccc4c4ccccc43)n2)cc1. The van der Waals surface area contributed by atoms with Crippen molar-refractivity contribution in [3.05, 3.63) is 158 Å². The third-order valence-corrected chi connectivity index (χ3v) is 9.89. The van der Waals surface area contributed by atoms with Crippen LogP contribution < -0.4 is 0 Å². The highest BCUT2D eigenvalue weighted by atomic mass is 16.3. The summed E-state index contributed by atoms with van der Waals surface area (Å²) in [5.41, 5.74) is 9.02. The lowest BCUT2D eigenvalue weighted by Crippen LogP contribution is -2.06. The van der Waals surface area contributed by atoms with E-state index in [9.17, 15) is 0 Å². The van der Waals surface area contributed by atoms with Crippen LogP contribution >= 0.6 is 0 Å². The van der Waals surface area contributed by atoms with Gasteiger partial charge in [-0.15, -0.1) is 0 Å². The second-order valence-corrected chi connectivity index (χ2v) is 12.8. The van der Waals surface area contributed by atoms with Crippen LogP contribution in [-0.2, 0) is 0 Å². The lowest BCUT2D eigenvalue weighted by Gasteiger charge is -2.11. The molecule has 11 aromatic rings. The maximum absolute atomic E-state index is 6.87. The molecule has 0 unspecified atom stereocenters. The molecule has 0 bridgehead atoms. The van der Waals surface area contributed by atoms with Gasteiger partial charge in [0.1, 0.15) is 22.3 Å². The maximum atomic E-state index is 6.87. The Balaban J connectivity index is 1.15. The van der Waals surface area contributed by atoms with Crippen molar-refractivity contribution in [1.82, 2.24) is 19.5 Å². The van der Waals surface area contributed by atoms with Crippen molar-refractivity contribution in [3.8, 4) is 39.9 Å². The molecule has 51 heavy (non-hydrogen) atoms. The molecular formula is C45H26N4O2. The second kappa shape index (κ2) is 10.7. The predicted octanol–water partition coefficient (Wildman–Crippen LogP) is 11.8. The average Bonchev–Trinajstić information content (AvgIpc) is 3.87. The number of rotatable bonds is 4. The molecule has 4 aromatic heterocycles. The summed E-state index contributed by atoms with van der Waals surface area (Å²) in [6.07, 6.45) is 0. The highest BCUT2D eigenvalue weighted by Crippen LogP contribution is 2.41. The maximum Gasteiger partial charge on any atom is 0.238 e. The largest absolute Gasteiger partial charge is 0.456 e. The Morgan fingerprint density at radius 1 is 0.373 bits per heavy atom. The molecule has 0 saturated carbocycles. The van der Waals surface area contributed by atoms with E-state index in [4.69, 9.17) is 23.8 Å². The van der Waals surface area contributed by atoms with Gasteiger partial charge >= 0.3 is 0 Å². The molecule has 0 spiro atoms. The minimum Gasteiger partial charge on any atom is -0.456 e. The molecule has 6 nitrogen and oxygen atoms in total. The number of benzene rings is 7. The van der Waals surface area contributed by atoms with Crippen molar-refractivity contribution in [2.75, 3.05) is 0 Å². The van der Waals surface area contributed by atoms with Crippen LogP contribution in [0.3, 0.4) is 0 Å². The van der Waals surface area contributed by atoms with Crippen LogP contribution in [0.15, 0.2) is 167 Å². The molecule has 6 heteroatoms. The lowest BCUT2D eigenvalue weighted by molar-refractivity contribution is 0.668. The number of furan rings is 2. The molecule has 0 aliphatic heterocycles. The molecule has 11 rings (SSSR count). The molecule has 7 aromatic carbocycles. The fourth-order valence-corrected chi connectivity index (χ4v) is 7.56. The molecule has 0 fully saturated rings. The van der Waals surface area contributed by atoms with Crippen LogP contribution in [0.5, 0.6) is 0 Å². The molecule has 0 saturated heterocycles. The minimum atomic E-state index is 0.538. The van der Waals surface area contributed by atoms with Gasteiger partial charge in [0.25, 0.3) is 0 Å². The van der Waals surface area contributed by atoms with E-state index < -0.39 is 0 Å². The van der Waals surface area contributed by atoms with Gasteiger partial charge in [0, 0.05) is 43.4 Å². The van der Waals surface area contributed by atoms with Crippen LogP contribution in [-0.4, -0.2) is 19.5 Å². The quantitative estimate of drug-likeness (QED) is 0.189. The first kappa shape index (κ1) is 27.9. The summed E-state index contributed by atoms with van der Waals surface area (Å²) >= 11 is 0. The Hall–Kier alpha value is -7.05. The standard InChI is InChI=1S/C45H26N4O2/c1-2-12-27(13-3-1)43-46-44(48-45(47-43)49-37-21-7-4-14-30(37)31-15-5-8-22-38(31)49)36-20-11-19-35-34-18-10-17-29(41(34)51-42(35)36)28-24-25-33-32-16-6-9-23-39(32)50-40(33)26-28/h1-26H. The van der Waals surface area contributed by atoms with Crippen LogP contribution in [0.4, 0.5) is 0 Å². The topological polar surface area (TPSA) is 69.9 Å². The number of aromatic nitrogens is 4. The first-order valence-corrected chi connectivity index (χ1v) is 16.9. The summed E-state index contributed by atoms with van der Waals surface area (Å²) in [4.78, 5) is 15.4. The van der Waals surface area contributed by atoms with Crippen LogP contribution in [0.2, 0.25) is 0 Å². The first-order valence-electron chi connectivity index (χ1n) is 16.9. The van der Waals surface area contributed by atoms with E-state index in [1.54, 1.807) is 0 Å². The molecular weight excluding hydrogens is 629 g/mol. The zero-order chi connectivity index (χ0) is 33.5. The van der Waals surface area contributed by atoms with Crippen molar-refractivity contribution >= 4 is 65.7 Å². The molecule has 0 atom stereocenters. The van der Waals surface area contributed by atoms with Gasteiger partial charge in [-0.1, -0.05) is 121 Å². The van der Waals surface area contributed by atoms with E-state index in [-0.39, 0.29) is 0 Å². The molecule has 0 aliphatic rings. The summed E-state index contributed by atoms with van der Waals surface area (Å²) < 4.78 is 15.3. The number of para-hydroxylation sites is 5. The zero-order valence-electron chi connectivity index (χ0n) is 27.1. The molecule has 238 valence electrons. The van der Waals surface area contributed by atoms with Gasteiger partial charge in [0.15, 0.2) is 11.6 Å². The molecule has 4 heterocycles. The fourth-order valence-electron chi connectivity index (χ4n) is 7.56. The summed E-state index contributed by atoms with van der Waals surface area (Å²) in [5, 5.41) is 6.51. The van der Waals surface area contributed by atoms with Crippen molar-refractivity contribution in [3.63, 3.8) is 0 Å². The highest BCUT2D eigenvalue weighted by Gasteiger charge is 2.21. The molecule has 0 aliphatic carbocycles. The zero-order valence-corrected chi connectivity index (χ0v) is 27.1. The summed E-state index contributed by atoms with van der Waals surface area (Å²) in [6, 6.07) is 53.8. The van der Waals surface area contributed by atoms with E-state index >= 15 is 0 Å². The van der Waals surface area contributed by atoms with E-state index in [0.717, 1.165) is 87.9 Å². The Labute approximate surface area is 290 Å². The van der Waals surface area contributed by atoms with Gasteiger partial charge in [-0.05, 0) is 42.0 Å². The molecule has 0 radical (unpaired) electrons. The van der Waals surface area contributed by atoms with Crippen molar-refractivity contribution in [2.24, 2.45) is 0 Å². The Morgan fingerprint density at radius 2 is 0.961 bits per heavy atom. The monoisotopic (exact) mass is 654 g/mol. The van der Waals surface area contributed by atoms with Gasteiger partial charge in [-0.25, -0.2) is 4.98 Å². The lowest BCUT2D eigenvalue weighted by atomic mass is 10.0. The van der Waals surface area contributed by atoms with Crippen LogP contribution in [0.25, 0.3) is 106 Å². The normalized spacial score (nSPS) is 11.9. The Morgan fingerprint density at radius 3 is 1.73 bits per heavy atom. The van der Waals surface area contributed by atoms with Crippen molar-refractivity contribution < 1.29 is 8.83 Å². The number of hydrogen-bond acceptors (Lipinski definition) is 5. The van der Waals surface area contributed by atoms with Gasteiger partial charge in [0.05, 0.1) is 16.6 Å². The average molecular weight is 655 g/mol. The number of nitrogens with zero attached hydrogens (tertiary/aromatic N) is 4. The molecule has 0 amide bonds. The Kier molecular flexibility index (Phi) is 5.86. The van der Waals surface area contributed by atoms with Gasteiger partial charge < -0.3 is 8.83 Å². The second-order valence-electron chi connectivity index (χ2n) is 12.8. The number of hydrogen-bond donors (Lipinski definition) is 0. The van der Waals surface area contributed by atoms with E-state index in [1.165, 1.54) is 0 Å². The van der Waals surface area contributed by atoms with Crippen LogP contribution in [0, 0.1) is 0 Å².